The van der Waals surface area contributed by atoms with Gasteiger partial charge in [-0.2, -0.15) is 5.10 Å². The molecule has 2 aliphatic rings. The summed E-state index contributed by atoms with van der Waals surface area (Å²) in [5, 5.41) is 7.03. The van der Waals surface area contributed by atoms with E-state index in [0.29, 0.717) is 31.9 Å². The molecular formula is C17H19FN4O3. The average Bonchev–Trinajstić information content (AvgIpc) is 3.29. The Morgan fingerprint density at radius 3 is 3.12 bits per heavy atom. The Labute approximate surface area is 144 Å². The van der Waals surface area contributed by atoms with E-state index in [9.17, 15) is 9.18 Å². The van der Waals surface area contributed by atoms with Gasteiger partial charge in [-0.15, -0.1) is 0 Å². The summed E-state index contributed by atoms with van der Waals surface area (Å²) in [5.41, 5.74) is 0.727. The van der Waals surface area contributed by atoms with E-state index in [-0.39, 0.29) is 17.8 Å². The maximum Gasteiger partial charge on any atom is 0.264 e. The van der Waals surface area contributed by atoms with Crippen molar-refractivity contribution in [1.82, 2.24) is 20.1 Å². The van der Waals surface area contributed by atoms with Crippen molar-refractivity contribution < 1.29 is 18.7 Å². The Morgan fingerprint density at radius 1 is 1.48 bits per heavy atom. The highest BCUT2D eigenvalue weighted by atomic mass is 19.1. The van der Waals surface area contributed by atoms with Gasteiger partial charge in [-0.3, -0.25) is 9.89 Å². The van der Waals surface area contributed by atoms with Gasteiger partial charge in [0.15, 0.2) is 23.5 Å². The van der Waals surface area contributed by atoms with E-state index in [0.717, 1.165) is 17.8 Å². The Hall–Kier alpha value is -2.48. The summed E-state index contributed by atoms with van der Waals surface area (Å²) < 4.78 is 25.1. The predicted molar refractivity (Wildman–Crippen MR) is 85.6 cm³/mol. The van der Waals surface area contributed by atoms with Gasteiger partial charge < -0.3 is 14.4 Å². The number of amides is 1. The molecule has 7 nitrogen and oxygen atoms in total. The van der Waals surface area contributed by atoms with Crippen molar-refractivity contribution in [3.63, 3.8) is 0 Å². The molecule has 3 heterocycles. The largest absolute Gasteiger partial charge is 0.477 e. The van der Waals surface area contributed by atoms with Gasteiger partial charge >= 0.3 is 0 Å². The van der Waals surface area contributed by atoms with Crippen molar-refractivity contribution in [2.24, 2.45) is 0 Å². The number of morpholine rings is 1. The lowest BCUT2D eigenvalue weighted by Crippen LogP contribution is -2.48. The molecule has 0 saturated carbocycles. The Morgan fingerprint density at radius 2 is 2.36 bits per heavy atom. The molecule has 0 spiro atoms. The molecular weight excluding hydrogens is 327 g/mol. The zero-order valence-electron chi connectivity index (χ0n) is 13.9. The van der Waals surface area contributed by atoms with Gasteiger partial charge in [-0.1, -0.05) is 19.1 Å². The van der Waals surface area contributed by atoms with Crippen molar-refractivity contribution in [2.45, 2.75) is 32.0 Å². The summed E-state index contributed by atoms with van der Waals surface area (Å²) in [6.07, 6.45) is 0.0789. The van der Waals surface area contributed by atoms with Crippen molar-refractivity contribution in [1.29, 1.82) is 0 Å². The standard InChI is InChI=1S/C17H19FN4O3/c1-2-14-19-16(21-20-14)13-9-22(6-7-24-13)17(23)12-8-10-4-3-5-11(18)15(10)25-12/h3-5,12-13H,2,6-9H2,1H3,(H,19,20,21)/t12-,13+/m1/s1. The van der Waals surface area contributed by atoms with Crippen LogP contribution >= 0.6 is 0 Å². The number of carbonyl (C=O) groups excluding carboxylic acids is 1. The van der Waals surface area contributed by atoms with Crippen LogP contribution in [0.2, 0.25) is 0 Å². The number of fused-ring (bicyclic) bond motifs is 1. The quantitative estimate of drug-likeness (QED) is 0.909. The number of H-pyrrole nitrogens is 1. The van der Waals surface area contributed by atoms with E-state index >= 15 is 0 Å². The molecule has 4 rings (SSSR count). The molecule has 2 aromatic rings. The lowest BCUT2D eigenvalue weighted by atomic mass is 10.1. The van der Waals surface area contributed by atoms with Crippen LogP contribution in [0.15, 0.2) is 18.2 Å². The number of carbonyl (C=O) groups is 1. The normalized spacial score (nSPS) is 22.6. The predicted octanol–water partition coefficient (Wildman–Crippen LogP) is 1.41. The van der Waals surface area contributed by atoms with Gasteiger partial charge in [0.25, 0.3) is 5.91 Å². The zero-order chi connectivity index (χ0) is 17.4. The fourth-order valence-corrected chi connectivity index (χ4v) is 3.19. The smallest absolute Gasteiger partial charge is 0.264 e. The minimum Gasteiger partial charge on any atom is -0.477 e. The summed E-state index contributed by atoms with van der Waals surface area (Å²) in [5.74, 6) is 0.936. The van der Waals surface area contributed by atoms with E-state index < -0.39 is 11.9 Å². The first-order chi connectivity index (χ1) is 12.2. The highest BCUT2D eigenvalue weighted by Gasteiger charge is 2.36. The molecule has 0 bridgehead atoms. The van der Waals surface area contributed by atoms with Gasteiger partial charge in [0.05, 0.1) is 13.2 Å². The lowest BCUT2D eigenvalue weighted by Gasteiger charge is -2.32. The van der Waals surface area contributed by atoms with E-state index in [1.807, 2.05) is 6.92 Å². The van der Waals surface area contributed by atoms with Crippen molar-refractivity contribution in [3.05, 3.63) is 41.2 Å². The topological polar surface area (TPSA) is 80.3 Å². The summed E-state index contributed by atoms with van der Waals surface area (Å²) in [4.78, 5) is 18.9. The maximum absolute atomic E-state index is 13.8. The Balaban J connectivity index is 1.45. The third-order valence-corrected chi connectivity index (χ3v) is 4.54. The summed E-state index contributed by atoms with van der Waals surface area (Å²) >= 11 is 0. The Kier molecular flexibility index (Phi) is 4.12. The molecule has 1 saturated heterocycles. The van der Waals surface area contributed by atoms with Crippen LogP contribution in [0.5, 0.6) is 5.75 Å². The Bertz CT molecular complexity index is 794. The second-order valence-corrected chi connectivity index (χ2v) is 6.18. The first kappa shape index (κ1) is 16.0. The van der Waals surface area contributed by atoms with Crippen LogP contribution in [0.1, 0.15) is 30.2 Å². The number of aromatic nitrogens is 3. The summed E-state index contributed by atoms with van der Waals surface area (Å²) in [6.45, 7) is 3.22. The second kappa shape index (κ2) is 6.44. The molecule has 2 atom stereocenters. The van der Waals surface area contributed by atoms with Crippen LogP contribution in [-0.2, 0) is 22.4 Å². The average molecular weight is 346 g/mol. The van der Waals surface area contributed by atoms with Gasteiger partial charge in [0.2, 0.25) is 0 Å². The van der Waals surface area contributed by atoms with Crippen molar-refractivity contribution in [2.75, 3.05) is 19.7 Å². The molecule has 1 amide bonds. The second-order valence-electron chi connectivity index (χ2n) is 6.18. The molecule has 8 heteroatoms. The SMILES string of the molecule is CCc1nc([C@@H]2CN(C(=O)[C@H]3Cc4cccc(F)c4O3)CCO2)n[nH]1. The van der Waals surface area contributed by atoms with Crippen LogP contribution < -0.4 is 4.74 Å². The number of benzene rings is 1. The minimum atomic E-state index is -0.691. The van der Waals surface area contributed by atoms with Crippen LogP contribution in [0.4, 0.5) is 4.39 Å². The number of nitrogens with zero attached hydrogens (tertiary/aromatic N) is 3. The molecule has 2 aliphatic heterocycles. The molecule has 0 radical (unpaired) electrons. The summed E-state index contributed by atoms with van der Waals surface area (Å²) in [6, 6.07) is 4.75. The third kappa shape index (κ3) is 2.97. The van der Waals surface area contributed by atoms with Gasteiger partial charge in [0, 0.05) is 24.9 Å². The molecule has 1 fully saturated rings. The monoisotopic (exact) mass is 346 g/mol. The van der Waals surface area contributed by atoms with E-state index in [4.69, 9.17) is 9.47 Å². The van der Waals surface area contributed by atoms with Crippen LogP contribution in [0, 0.1) is 5.82 Å². The third-order valence-electron chi connectivity index (χ3n) is 4.54. The van der Waals surface area contributed by atoms with Gasteiger partial charge in [0.1, 0.15) is 11.9 Å². The molecule has 132 valence electrons. The van der Waals surface area contributed by atoms with Gasteiger partial charge in [-0.05, 0) is 6.07 Å². The van der Waals surface area contributed by atoms with E-state index in [2.05, 4.69) is 15.2 Å². The molecule has 0 unspecified atom stereocenters. The number of halogens is 1. The molecule has 1 aromatic heterocycles. The van der Waals surface area contributed by atoms with Crippen molar-refractivity contribution in [3.8, 4) is 5.75 Å². The van der Waals surface area contributed by atoms with Gasteiger partial charge in [-0.25, -0.2) is 9.37 Å². The minimum absolute atomic E-state index is 0.157. The zero-order valence-corrected chi connectivity index (χ0v) is 13.9. The van der Waals surface area contributed by atoms with Crippen LogP contribution in [-0.4, -0.2) is 51.8 Å². The number of rotatable bonds is 3. The lowest BCUT2D eigenvalue weighted by molar-refractivity contribution is -0.146. The number of hydrogen-bond acceptors (Lipinski definition) is 5. The maximum atomic E-state index is 13.8. The molecule has 1 aromatic carbocycles. The number of aryl methyl sites for hydroxylation is 1. The molecule has 0 aliphatic carbocycles. The summed E-state index contributed by atoms with van der Waals surface area (Å²) in [7, 11) is 0. The van der Waals surface area contributed by atoms with E-state index in [1.165, 1.54) is 6.07 Å². The van der Waals surface area contributed by atoms with Crippen LogP contribution in [0.3, 0.4) is 0 Å². The fourth-order valence-electron chi connectivity index (χ4n) is 3.19. The molecule has 25 heavy (non-hydrogen) atoms. The number of aromatic amines is 1. The highest BCUT2D eigenvalue weighted by molar-refractivity contribution is 5.82. The first-order valence-electron chi connectivity index (χ1n) is 8.41. The number of hydrogen-bond donors (Lipinski definition) is 1. The van der Waals surface area contributed by atoms with E-state index in [1.54, 1.807) is 17.0 Å². The first-order valence-corrected chi connectivity index (χ1v) is 8.41. The highest BCUT2D eigenvalue weighted by Crippen LogP contribution is 2.32. The fraction of sp³-hybridized carbons (Fsp3) is 0.471. The molecule has 1 N–H and O–H groups in total. The number of ether oxygens (including phenoxy) is 2. The van der Waals surface area contributed by atoms with Crippen molar-refractivity contribution >= 4 is 5.91 Å². The number of para-hydroxylation sites is 1. The number of nitrogens with one attached hydrogen (secondary N) is 1. The van der Waals surface area contributed by atoms with Crippen LogP contribution in [0.25, 0.3) is 0 Å².